The minimum Gasteiger partial charge on any atom is -0.456 e. The number of thiophene rings is 1. The molecule has 0 fully saturated rings. The predicted octanol–water partition coefficient (Wildman–Crippen LogP) is 16.4. The van der Waals surface area contributed by atoms with E-state index >= 15 is 0 Å². The first-order valence-corrected chi connectivity index (χ1v) is 21.6. The fourth-order valence-corrected chi connectivity index (χ4v) is 11.0. The first-order valence-electron chi connectivity index (χ1n) is 20.4. The van der Waals surface area contributed by atoms with Crippen LogP contribution >= 0.6 is 22.9 Å². The number of hydrogen-bond acceptors (Lipinski definition) is 2. The first-order chi connectivity index (χ1) is 29.6. The van der Waals surface area contributed by atoms with Crippen LogP contribution in [-0.2, 0) is 6.42 Å². The molecule has 4 heteroatoms. The molecule has 60 heavy (non-hydrogen) atoms. The molecule has 1 unspecified atom stereocenters. The summed E-state index contributed by atoms with van der Waals surface area (Å²) in [5.41, 5.74) is 13.8. The summed E-state index contributed by atoms with van der Waals surface area (Å²) in [7, 11) is 0. The van der Waals surface area contributed by atoms with Gasteiger partial charge in [0.25, 0.3) is 0 Å². The fraction of sp³-hybridized carbons (Fsp3) is 0.0357. The average Bonchev–Trinajstić information content (AvgIpc) is 3.98. The highest BCUT2D eigenvalue weighted by molar-refractivity contribution is 7.26. The molecule has 0 spiro atoms. The van der Waals surface area contributed by atoms with Crippen molar-refractivity contribution in [2.45, 2.75) is 12.3 Å². The molecular formula is C56H36ClNOS. The number of halogens is 1. The van der Waals surface area contributed by atoms with Crippen LogP contribution in [0, 0.1) is 0 Å². The van der Waals surface area contributed by atoms with Gasteiger partial charge in [0.05, 0.1) is 15.7 Å². The van der Waals surface area contributed by atoms with E-state index in [4.69, 9.17) is 16.0 Å². The average molecular weight is 806 g/mol. The fourth-order valence-electron chi connectivity index (χ4n) is 9.49. The summed E-state index contributed by atoms with van der Waals surface area (Å²) >= 11 is 9.04. The molecule has 0 N–H and O–H groups in total. The molecule has 0 saturated carbocycles. The van der Waals surface area contributed by atoms with Crippen LogP contribution in [0.3, 0.4) is 0 Å². The van der Waals surface area contributed by atoms with Gasteiger partial charge in [-0.25, -0.2) is 0 Å². The molecule has 0 aliphatic carbocycles. The van der Waals surface area contributed by atoms with Crippen molar-refractivity contribution in [3.63, 3.8) is 0 Å². The molecule has 0 radical (unpaired) electrons. The molecule has 3 heterocycles. The third-order valence-electron chi connectivity index (χ3n) is 12.2. The van der Waals surface area contributed by atoms with Crippen molar-refractivity contribution in [3.05, 3.63) is 222 Å². The van der Waals surface area contributed by atoms with E-state index in [-0.39, 0.29) is 5.92 Å². The lowest BCUT2D eigenvalue weighted by Crippen LogP contribution is -2.05. The van der Waals surface area contributed by atoms with E-state index in [1.165, 1.54) is 69.8 Å². The van der Waals surface area contributed by atoms with E-state index in [9.17, 15) is 0 Å². The minimum absolute atomic E-state index is 0.147. The van der Waals surface area contributed by atoms with Gasteiger partial charge in [-0.1, -0.05) is 157 Å². The van der Waals surface area contributed by atoms with Crippen molar-refractivity contribution in [2.24, 2.45) is 0 Å². The number of nitrogens with zero attached hydrogens (tertiary/aromatic N) is 1. The number of aromatic nitrogens is 1. The molecule has 284 valence electrons. The molecule has 0 bridgehead atoms. The van der Waals surface area contributed by atoms with E-state index in [1.807, 2.05) is 23.5 Å². The monoisotopic (exact) mass is 805 g/mol. The normalized spacial score (nSPS) is 12.4. The van der Waals surface area contributed by atoms with Crippen molar-refractivity contribution in [1.82, 2.24) is 4.57 Å². The summed E-state index contributed by atoms with van der Waals surface area (Å²) in [5.74, 6) is 0.147. The Bertz CT molecular complexity index is 3580. The number of fused-ring (bicyclic) bond motifs is 10. The lowest BCUT2D eigenvalue weighted by molar-refractivity contribution is 0.668. The van der Waals surface area contributed by atoms with Crippen LogP contribution in [0.15, 0.2) is 205 Å². The zero-order valence-electron chi connectivity index (χ0n) is 32.5. The quantitative estimate of drug-likeness (QED) is 0.157. The van der Waals surface area contributed by atoms with E-state index in [0.717, 1.165) is 50.1 Å². The van der Waals surface area contributed by atoms with Gasteiger partial charge in [0.2, 0.25) is 0 Å². The van der Waals surface area contributed by atoms with Crippen LogP contribution in [0.25, 0.3) is 91.9 Å². The van der Waals surface area contributed by atoms with Crippen molar-refractivity contribution >= 4 is 86.9 Å². The number of rotatable bonds is 7. The maximum absolute atomic E-state index is 7.17. The maximum atomic E-state index is 7.17. The zero-order chi connectivity index (χ0) is 39.7. The molecule has 0 aliphatic heterocycles. The third kappa shape index (κ3) is 5.77. The molecule has 12 aromatic rings. The zero-order valence-corrected chi connectivity index (χ0v) is 34.1. The second-order valence-electron chi connectivity index (χ2n) is 15.8. The van der Waals surface area contributed by atoms with Gasteiger partial charge in [0.1, 0.15) is 11.2 Å². The summed E-state index contributed by atoms with van der Waals surface area (Å²) in [6, 6.07) is 72.2. The Morgan fingerprint density at radius 3 is 2.00 bits per heavy atom. The number of furan rings is 1. The van der Waals surface area contributed by atoms with Crippen molar-refractivity contribution in [2.75, 3.05) is 0 Å². The van der Waals surface area contributed by atoms with Gasteiger partial charge in [0, 0.05) is 59.7 Å². The highest BCUT2D eigenvalue weighted by Gasteiger charge is 2.23. The van der Waals surface area contributed by atoms with Gasteiger partial charge in [0.15, 0.2) is 0 Å². The van der Waals surface area contributed by atoms with Gasteiger partial charge in [-0.2, -0.15) is 0 Å². The number of para-hydroxylation sites is 2. The Hall–Kier alpha value is -6.91. The number of hydrogen-bond donors (Lipinski definition) is 0. The van der Waals surface area contributed by atoms with Gasteiger partial charge < -0.3 is 8.98 Å². The van der Waals surface area contributed by atoms with Crippen LogP contribution in [-0.4, -0.2) is 4.57 Å². The largest absolute Gasteiger partial charge is 0.456 e. The Kier molecular flexibility index (Phi) is 8.26. The smallest absolute Gasteiger partial charge is 0.137 e. The molecule has 0 aliphatic rings. The molecule has 0 saturated heterocycles. The lowest BCUT2D eigenvalue weighted by Gasteiger charge is -2.20. The third-order valence-corrected chi connectivity index (χ3v) is 13.6. The summed E-state index contributed by atoms with van der Waals surface area (Å²) in [4.78, 5) is 0. The SMILES string of the molecule is Clc1cc(CC(c2ccccc2)c2ccc(-c3ccccc3)cc2)cc(-c2cc3c4ccccc4n(-c4ccc5c(c4)oc4ccccc45)c3c3sc4ccccc4c23)c1. The topological polar surface area (TPSA) is 18.1 Å². The van der Waals surface area contributed by atoms with Crippen LogP contribution in [0.2, 0.25) is 5.02 Å². The Morgan fingerprint density at radius 1 is 0.500 bits per heavy atom. The van der Waals surface area contributed by atoms with E-state index in [1.54, 1.807) is 0 Å². The summed E-state index contributed by atoms with van der Waals surface area (Å²) in [5, 5.41) is 7.93. The Morgan fingerprint density at radius 2 is 1.17 bits per heavy atom. The van der Waals surface area contributed by atoms with E-state index in [2.05, 4.69) is 193 Å². The maximum Gasteiger partial charge on any atom is 0.137 e. The van der Waals surface area contributed by atoms with Crippen molar-refractivity contribution in [3.8, 4) is 27.9 Å². The minimum atomic E-state index is 0.147. The van der Waals surface area contributed by atoms with Crippen molar-refractivity contribution < 1.29 is 4.42 Å². The van der Waals surface area contributed by atoms with Crippen LogP contribution in [0.5, 0.6) is 0 Å². The van der Waals surface area contributed by atoms with Gasteiger partial charge in [-0.05, 0) is 93.9 Å². The molecule has 2 nitrogen and oxygen atoms in total. The van der Waals surface area contributed by atoms with Gasteiger partial charge >= 0.3 is 0 Å². The van der Waals surface area contributed by atoms with Gasteiger partial charge in [-0.15, -0.1) is 11.3 Å². The molecule has 12 rings (SSSR count). The molecule has 1 atom stereocenters. The van der Waals surface area contributed by atoms with E-state index < -0.39 is 0 Å². The summed E-state index contributed by atoms with van der Waals surface area (Å²) < 4.78 is 11.4. The summed E-state index contributed by atoms with van der Waals surface area (Å²) in [6.45, 7) is 0. The standard InChI is InChI=1S/C56H36ClNOS/c57-41-30-35(31-47(38-15-5-2-6-16-38)39-25-23-37(24-26-39)36-13-3-1-4-14-36)29-40(32-41)48-34-49-43-17-7-10-20-50(43)58(55(49)56-54(48)46-19-9-12-22-53(46)60-56)42-27-28-45-44-18-8-11-21-51(44)59-52(45)33-42/h1-30,32-34,47H,31H2. The predicted molar refractivity (Wildman–Crippen MR) is 255 cm³/mol. The van der Waals surface area contributed by atoms with Gasteiger partial charge in [-0.3, -0.25) is 0 Å². The second-order valence-corrected chi connectivity index (χ2v) is 17.2. The highest BCUT2D eigenvalue weighted by Crippen LogP contribution is 2.48. The number of benzene rings is 9. The molecule has 0 amide bonds. The van der Waals surface area contributed by atoms with E-state index in [0.29, 0.717) is 0 Å². The lowest BCUT2D eigenvalue weighted by atomic mass is 9.84. The summed E-state index contributed by atoms with van der Waals surface area (Å²) in [6.07, 6.45) is 0.807. The molecular weight excluding hydrogens is 770 g/mol. The Balaban J connectivity index is 1.05. The highest BCUT2D eigenvalue weighted by atomic mass is 35.5. The molecule has 9 aromatic carbocycles. The van der Waals surface area contributed by atoms with Crippen LogP contribution < -0.4 is 0 Å². The first kappa shape index (κ1) is 35.1. The second kappa shape index (κ2) is 14.1. The van der Waals surface area contributed by atoms with Crippen LogP contribution in [0.1, 0.15) is 22.6 Å². The Labute approximate surface area is 356 Å². The van der Waals surface area contributed by atoms with Crippen LogP contribution in [0.4, 0.5) is 0 Å². The van der Waals surface area contributed by atoms with Crippen molar-refractivity contribution in [1.29, 1.82) is 0 Å². The molecule has 3 aromatic heterocycles.